The van der Waals surface area contributed by atoms with Crippen LogP contribution in [0.4, 0.5) is 17.5 Å². The molecule has 0 aliphatic carbocycles. The highest BCUT2D eigenvalue weighted by molar-refractivity contribution is 5.82. The number of rotatable bonds is 4. The van der Waals surface area contributed by atoms with E-state index in [1.54, 1.807) is 0 Å². The molecule has 1 aliphatic rings. The maximum absolute atomic E-state index is 4.88. The smallest absolute Gasteiger partial charge is 0.227 e. The number of nitrogens with one attached hydrogen (secondary N) is 3. The molecule has 3 N–H and O–H groups in total. The molecule has 1 atom stereocenters. The van der Waals surface area contributed by atoms with Crippen LogP contribution < -0.4 is 15.5 Å². The molecule has 0 spiro atoms. The third-order valence-electron chi connectivity index (χ3n) is 5.67. The Hall–Kier alpha value is -2.67. The standard InChI is InChI=1S/C21H29N7/c1-13(2)18-7-9-28(10-8-22-18)21-24-15(4)14(3)20(26-21)25-17-5-6-19-16(11-17)12-23-27-19/h5-6,11-13,18,22H,7-10H2,1-4H3,(H,23,27)(H,24,25,26). The average molecular weight is 380 g/mol. The van der Waals surface area contributed by atoms with Crippen molar-refractivity contribution in [2.24, 2.45) is 5.92 Å². The Balaban J connectivity index is 1.59. The van der Waals surface area contributed by atoms with Crippen LogP contribution in [-0.4, -0.2) is 45.8 Å². The summed E-state index contributed by atoms with van der Waals surface area (Å²) in [5.74, 6) is 2.31. The fraction of sp³-hybridized carbons (Fsp3) is 0.476. The Bertz CT molecular complexity index is 963. The van der Waals surface area contributed by atoms with Crippen molar-refractivity contribution in [1.29, 1.82) is 0 Å². The molecule has 4 rings (SSSR count). The van der Waals surface area contributed by atoms with Crippen molar-refractivity contribution in [2.75, 3.05) is 29.9 Å². The molecular formula is C21H29N7. The first-order chi connectivity index (χ1) is 13.5. The Morgan fingerprint density at radius 1 is 1.18 bits per heavy atom. The molecule has 1 fully saturated rings. The lowest BCUT2D eigenvalue weighted by molar-refractivity contribution is 0.403. The molecule has 7 heteroatoms. The third kappa shape index (κ3) is 3.80. The molecule has 7 nitrogen and oxygen atoms in total. The summed E-state index contributed by atoms with van der Waals surface area (Å²) in [6.45, 7) is 11.5. The molecule has 1 saturated heterocycles. The molecule has 0 amide bonds. The number of nitrogens with zero attached hydrogens (tertiary/aromatic N) is 4. The van der Waals surface area contributed by atoms with Gasteiger partial charge in [-0.25, -0.2) is 4.98 Å². The van der Waals surface area contributed by atoms with Crippen LogP contribution >= 0.6 is 0 Å². The fourth-order valence-electron chi connectivity index (χ4n) is 3.70. The Morgan fingerprint density at radius 2 is 2.04 bits per heavy atom. The summed E-state index contributed by atoms with van der Waals surface area (Å²) in [5.41, 5.74) is 4.11. The minimum Gasteiger partial charge on any atom is -0.340 e. The second kappa shape index (κ2) is 7.75. The van der Waals surface area contributed by atoms with Gasteiger partial charge < -0.3 is 15.5 Å². The number of hydrogen-bond acceptors (Lipinski definition) is 6. The second-order valence-corrected chi connectivity index (χ2v) is 7.96. The minimum atomic E-state index is 0.552. The summed E-state index contributed by atoms with van der Waals surface area (Å²) in [6, 6.07) is 6.70. The molecule has 0 radical (unpaired) electrons. The number of aromatic amines is 1. The third-order valence-corrected chi connectivity index (χ3v) is 5.67. The van der Waals surface area contributed by atoms with E-state index in [1.807, 2.05) is 18.3 Å². The molecule has 0 saturated carbocycles. The van der Waals surface area contributed by atoms with Gasteiger partial charge in [-0.1, -0.05) is 13.8 Å². The number of hydrogen-bond donors (Lipinski definition) is 3. The monoisotopic (exact) mass is 379 g/mol. The van der Waals surface area contributed by atoms with E-state index < -0.39 is 0 Å². The van der Waals surface area contributed by atoms with Gasteiger partial charge in [0.25, 0.3) is 0 Å². The molecule has 0 bridgehead atoms. The minimum absolute atomic E-state index is 0.552. The van der Waals surface area contributed by atoms with Crippen LogP contribution in [0.2, 0.25) is 0 Å². The van der Waals surface area contributed by atoms with E-state index in [9.17, 15) is 0 Å². The first kappa shape index (κ1) is 18.7. The summed E-state index contributed by atoms with van der Waals surface area (Å²) in [4.78, 5) is 12.0. The van der Waals surface area contributed by atoms with Gasteiger partial charge in [0.15, 0.2) is 0 Å². The van der Waals surface area contributed by atoms with E-state index in [4.69, 9.17) is 9.97 Å². The number of aromatic nitrogens is 4. The van der Waals surface area contributed by atoms with Gasteiger partial charge in [-0.3, -0.25) is 5.10 Å². The predicted molar refractivity (Wildman–Crippen MR) is 114 cm³/mol. The molecule has 2 aromatic heterocycles. The maximum Gasteiger partial charge on any atom is 0.227 e. The quantitative estimate of drug-likeness (QED) is 0.643. The summed E-state index contributed by atoms with van der Waals surface area (Å²) in [5, 5.41) is 15.3. The molecule has 1 aromatic carbocycles. The zero-order valence-electron chi connectivity index (χ0n) is 17.1. The van der Waals surface area contributed by atoms with Crippen LogP contribution in [-0.2, 0) is 0 Å². The number of fused-ring (bicyclic) bond motifs is 1. The lowest BCUT2D eigenvalue weighted by Crippen LogP contribution is -2.34. The molecule has 1 unspecified atom stereocenters. The van der Waals surface area contributed by atoms with Crippen molar-refractivity contribution < 1.29 is 0 Å². The van der Waals surface area contributed by atoms with E-state index >= 15 is 0 Å². The van der Waals surface area contributed by atoms with Gasteiger partial charge in [-0.2, -0.15) is 10.1 Å². The maximum atomic E-state index is 4.88. The van der Waals surface area contributed by atoms with E-state index in [2.05, 4.69) is 59.5 Å². The first-order valence-electron chi connectivity index (χ1n) is 10.0. The van der Waals surface area contributed by atoms with E-state index in [-0.39, 0.29) is 0 Å². The number of H-pyrrole nitrogens is 1. The van der Waals surface area contributed by atoms with Gasteiger partial charge in [-0.15, -0.1) is 0 Å². The highest BCUT2D eigenvalue weighted by atomic mass is 15.3. The highest BCUT2D eigenvalue weighted by Gasteiger charge is 2.21. The van der Waals surface area contributed by atoms with E-state index in [0.29, 0.717) is 12.0 Å². The molecule has 28 heavy (non-hydrogen) atoms. The normalized spacial score (nSPS) is 17.9. The highest BCUT2D eigenvalue weighted by Crippen LogP contribution is 2.25. The van der Waals surface area contributed by atoms with Crippen molar-refractivity contribution in [2.45, 2.75) is 40.2 Å². The predicted octanol–water partition coefficient (Wildman–Crippen LogP) is 3.54. The summed E-state index contributed by atoms with van der Waals surface area (Å²) < 4.78 is 0. The molecule has 3 aromatic rings. The van der Waals surface area contributed by atoms with Crippen LogP contribution in [0, 0.1) is 19.8 Å². The molecule has 1 aliphatic heterocycles. The first-order valence-corrected chi connectivity index (χ1v) is 10.0. The van der Waals surface area contributed by atoms with Crippen molar-refractivity contribution >= 4 is 28.4 Å². The SMILES string of the molecule is Cc1nc(N2CCNC(C(C)C)CC2)nc(Nc2ccc3[nH]ncc3c2)c1C. The van der Waals surface area contributed by atoms with Crippen molar-refractivity contribution in [3.05, 3.63) is 35.7 Å². The lowest BCUT2D eigenvalue weighted by Gasteiger charge is -2.23. The number of anilines is 3. The van der Waals surface area contributed by atoms with Gasteiger partial charge in [0.05, 0.1) is 11.7 Å². The van der Waals surface area contributed by atoms with Crippen molar-refractivity contribution in [3.63, 3.8) is 0 Å². The number of benzene rings is 1. The van der Waals surface area contributed by atoms with Crippen LogP contribution in [0.1, 0.15) is 31.5 Å². The van der Waals surface area contributed by atoms with Crippen molar-refractivity contribution in [1.82, 2.24) is 25.5 Å². The van der Waals surface area contributed by atoms with Gasteiger partial charge in [0, 0.05) is 48.0 Å². The van der Waals surface area contributed by atoms with E-state index in [0.717, 1.165) is 65.7 Å². The second-order valence-electron chi connectivity index (χ2n) is 7.96. The zero-order valence-corrected chi connectivity index (χ0v) is 17.1. The van der Waals surface area contributed by atoms with Gasteiger partial charge in [0.2, 0.25) is 5.95 Å². The van der Waals surface area contributed by atoms with Gasteiger partial charge in [0.1, 0.15) is 5.82 Å². The van der Waals surface area contributed by atoms with Crippen molar-refractivity contribution in [3.8, 4) is 0 Å². The summed E-state index contributed by atoms with van der Waals surface area (Å²) in [7, 11) is 0. The Kier molecular flexibility index (Phi) is 5.17. The summed E-state index contributed by atoms with van der Waals surface area (Å²) >= 11 is 0. The lowest BCUT2D eigenvalue weighted by atomic mass is 10.0. The Morgan fingerprint density at radius 3 is 2.86 bits per heavy atom. The topological polar surface area (TPSA) is 81.8 Å². The van der Waals surface area contributed by atoms with E-state index in [1.165, 1.54) is 0 Å². The molecular weight excluding hydrogens is 350 g/mol. The zero-order chi connectivity index (χ0) is 19.7. The van der Waals surface area contributed by atoms with Gasteiger partial charge >= 0.3 is 0 Å². The average Bonchev–Trinajstić information content (AvgIpc) is 2.99. The molecule has 148 valence electrons. The van der Waals surface area contributed by atoms with Crippen LogP contribution in [0.3, 0.4) is 0 Å². The number of aryl methyl sites for hydroxylation is 1. The van der Waals surface area contributed by atoms with Crippen LogP contribution in [0.15, 0.2) is 24.4 Å². The van der Waals surface area contributed by atoms with Crippen LogP contribution in [0.5, 0.6) is 0 Å². The fourth-order valence-corrected chi connectivity index (χ4v) is 3.70. The summed E-state index contributed by atoms with van der Waals surface area (Å²) in [6.07, 6.45) is 2.94. The molecule has 3 heterocycles. The van der Waals surface area contributed by atoms with Gasteiger partial charge in [-0.05, 0) is 44.4 Å². The Labute approximate surface area is 166 Å². The van der Waals surface area contributed by atoms with Crippen LogP contribution in [0.25, 0.3) is 10.9 Å². The largest absolute Gasteiger partial charge is 0.340 e.